The standard InChI is InChI=1S/C8H12N6O/c15-12-7-13-1-3-14(4-2-13)8-10-5-9-6-11-8/h5-6H,1-4,7H2. The van der Waals surface area contributed by atoms with Gasteiger partial charge >= 0.3 is 0 Å². The van der Waals surface area contributed by atoms with Gasteiger partial charge < -0.3 is 4.90 Å². The summed E-state index contributed by atoms with van der Waals surface area (Å²) >= 11 is 0. The van der Waals surface area contributed by atoms with Gasteiger partial charge in [-0.2, -0.15) is 0 Å². The summed E-state index contributed by atoms with van der Waals surface area (Å²) in [5.41, 5.74) is 0. The number of rotatable bonds is 3. The first-order valence-electron chi connectivity index (χ1n) is 4.78. The molecule has 0 aromatic carbocycles. The highest BCUT2D eigenvalue weighted by Crippen LogP contribution is 2.08. The summed E-state index contributed by atoms with van der Waals surface area (Å²) in [5, 5.41) is 2.87. The predicted octanol–water partition coefficient (Wildman–Crippen LogP) is -0.283. The third kappa shape index (κ3) is 2.44. The van der Waals surface area contributed by atoms with Crippen LogP contribution >= 0.6 is 0 Å². The first kappa shape index (κ1) is 9.91. The van der Waals surface area contributed by atoms with Crippen LogP contribution in [0.15, 0.2) is 17.8 Å². The second kappa shape index (κ2) is 4.74. The number of piperazine rings is 1. The fourth-order valence-corrected chi connectivity index (χ4v) is 1.57. The highest BCUT2D eigenvalue weighted by atomic mass is 16.3. The van der Waals surface area contributed by atoms with Crippen molar-refractivity contribution in [1.29, 1.82) is 0 Å². The van der Waals surface area contributed by atoms with Gasteiger partial charge in [0, 0.05) is 26.2 Å². The van der Waals surface area contributed by atoms with Gasteiger partial charge in [0.25, 0.3) is 0 Å². The van der Waals surface area contributed by atoms with Crippen molar-refractivity contribution in [3.8, 4) is 0 Å². The van der Waals surface area contributed by atoms with E-state index in [2.05, 4.69) is 25.0 Å². The van der Waals surface area contributed by atoms with E-state index in [1.807, 2.05) is 4.90 Å². The molecule has 7 nitrogen and oxygen atoms in total. The monoisotopic (exact) mass is 208 g/mol. The lowest BCUT2D eigenvalue weighted by atomic mass is 10.3. The zero-order valence-electron chi connectivity index (χ0n) is 8.28. The van der Waals surface area contributed by atoms with E-state index in [4.69, 9.17) is 0 Å². The fourth-order valence-electron chi connectivity index (χ4n) is 1.57. The fraction of sp³-hybridized carbons (Fsp3) is 0.625. The van der Waals surface area contributed by atoms with Crippen LogP contribution in [-0.2, 0) is 0 Å². The van der Waals surface area contributed by atoms with E-state index in [1.165, 1.54) is 12.7 Å². The molecule has 0 N–H and O–H groups in total. The van der Waals surface area contributed by atoms with E-state index in [9.17, 15) is 4.91 Å². The van der Waals surface area contributed by atoms with Gasteiger partial charge in [-0.05, 0) is 0 Å². The smallest absolute Gasteiger partial charge is 0.228 e. The lowest BCUT2D eigenvalue weighted by molar-refractivity contribution is 0.264. The molecule has 7 heteroatoms. The third-order valence-electron chi connectivity index (χ3n) is 2.39. The maximum absolute atomic E-state index is 10.1. The molecule has 1 aliphatic heterocycles. The van der Waals surface area contributed by atoms with Crippen LogP contribution in [0.1, 0.15) is 0 Å². The Hall–Kier alpha value is -1.63. The van der Waals surface area contributed by atoms with Crippen molar-refractivity contribution < 1.29 is 0 Å². The molecular weight excluding hydrogens is 196 g/mol. The summed E-state index contributed by atoms with van der Waals surface area (Å²) in [5.74, 6) is 0.698. The van der Waals surface area contributed by atoms with Crippen molar-refractivity contribution in [2.24, 2.45) is 5.18 Å². The minimum absolute atomic E-state index is 0.269. The van der Waals surface area contributed by atoms with Gasteiger partial charge in [-0.25, -0.2) is 15.0 Å². The molecule has 0 radical (unpaired) electrons. The second-order valence-electron chi connectivity index (χ2n) is 3.31. The van der Waals surface area contributed by atoms with E-state index in [0.717, 1.165) is 26.2 Å². The maximum Gasteiger partial charge on any atom is 0.228 e. The van der Waals surface area contributed by atoms with Gasteiger partial charge in [0.1, 0.15) is 19.3 Å². The highest BCUT2D eigenvalue weighted by molar-refractivity contribution is 5.28. The maximum atomic E-state index is 10.1. The number of hydrogen-bond acceptors (Lipinski definition) is 7. The van der Waals surface area contributed by atoms with Crippen LogP contribution in [0.2, 0.25) is 0 Å². The van der Waals surface area contributed by atoms with Crippen molar-refractivity contribution in [1.82, 2.24) is 19.9 Å². The van der Waals surface area contributed by atoms with Crippen molar-refractivity contribution in [2.45, 2.75) is 0 Å². The molecule has 0 bridgehead atoms. The molecule has 1 saturated heterocycles. The molecule has 0 spiro atoms. The van der Waals surface area contributed by atoms with E-state index >= 15 is 0 Å². The van der Waals surface area contributed by atoms with Crippen LogP contribution in [0.5, 0.6) is 0 Å². The summed E-state index contributed by atoms with van der Waals surface area (Å²) in [6.45, 7) is 3.54. The van der Waals surface area contributed by atoms with E-state index in [-0.39, 0.29) is 6.67 Å². The SMILES string of the molecule is O=NCN1CCN(c2ncncn2)CC1. The molecule has 1 aliphatic rings. The van der Waals surface area contributed by atoms with Crippen molar-refractivity contribution in [3.63, 3.8) is 0 Å². The zero-order valence-corrected chi connectivity index (χ0v) is 8.28. The molecular formula is C8H12N6O. The first-order valence-corrected chi connectivity index (χ1v) is 4.78. The zero-order chi connectivity index (χ0) is 10.5. The molecule has 2 rings (SSSR count). The molecule has 1 aromatic rings. The Balaban J connectivity index is 1.91. The van der Waals surface area contributed by atoms with Crippen LogP contribution in [0.4, 0.5) is 5.95 Å². The topological polar surface area (TPSA) is 74.6 Å². The summed E-state index contributed by atoms with van der Waals surface area (Å²) in [7, 11) is 0. The van der Waals surface area contributed by atoms with Gasteiger partial charge in [0.15, 0.2) is 0 Å². The minimum atomic E-state index is 0.269. The Bertz CT molecular complexity index is 310. The molecule has 80 valence electrons. The predicted molar refractivity (Wildman–Crippen MR) is 54.3 cm³/mol. The van der Waals surface area contributed by atoms with E-state index in [0.29, 0.717) is 5.95 Å². The molecule has 2 heterocycles. The molecule has 0 saturated carbocycles. The third-order valence-corrected chi connectivity index (χ3v) is 2.39. The molecule has 0 unspecified atom stereocenters. The van der Waals surface area contributed by atoms with Crippen LogP contribution < -0.4 is 4.90 Å². The van der Waals surface area contributed by atoms with Gasteiger partial charge in [-0.3, -0.25) is 4.90 Å². The van der Waals surface area contributed by atoms with E-state index in [1.54, 1.807) is 0 Å². The highest BCUT2D eigenvalue weighted by Gasteiger charge is 2.18. The lowest BCUT2D eigenvalue weighted by Crippen LogP contribution is -2.46. The van der Waals surface area contributed by atoms with Crippen LogP contribution in [0.25, 0.3) is 0 Å². The van der Waals surface area contributed by atoms with Crippen LogP contribution in [-0.4, -0.2) is 52.7 Å². The number of nitroso groups, excluding NO2 is 1. The molecule has 0 atom stereocenters. The average Bonchev–Trinajstić information content (AvgIpc) is 2.32. The summed E-state index contributed by atoms with van der Waals surface area (Å²) in [4.78, 5) is 26.1. The number of aromatic nitrogens is 3. The van der Waals surface area contributed by atoms with Gasteiger partial charge in [0.05, 0.1) is 0 Å². The van der Waals surface area contributed by atoms with Crippen molar-refractivity contribution in [3.05, 3.63) is 17.6 Å². The normalized spacial score (nSPS) is 17.7. The molecule has 15 heavy (non-hydrogen) atoms. The van der Waals surface area contributed by atoms with Crippen molar-refractivity contribution in [2.75, 3.05) is 37.7 Å². The Labute approximate surface area is 87.1 Å². The molecule has 1 aromatic heterocycles. The van der Waals surface area contributed by atoms with Gasteiger partial charge in [-0.15, -0.1) is 4.91 Å². The average molecular weight is 208 g/mol. The van der Waals surface area contributed by atoms with Crippen molar-refractivity contribution >= 4 is 5.95 Å². The largest absolute Gasteiger partial charge is 0.338 e. The molecule has 0 aliphatic carbocycles. The minimum Gasteiger partial charge on any atom is -0.338 e. The van der Waals surface area contributed by atoms with Crippen LogP contribution in [0, 0.1) is 4.91 Å². The Morgan fingerprint density at radius 3 is 2.47 bits per heavy atom. The molecule has 1 fully saturated rings. The Morgan fingerprint density at radius 2 is 1.87 bits per heavy atom. The Morgan fingerprint density at radius 1 is 1.20 bits per heavy atom. The Kier molecular flexibility index (Phi) is 3.13. The second-order valence-corrected chi connectivity index (χ2v) is 3.31. The first-order chi connectivity index (χ1) is 7.40. The number of hydrogen-bond donors (Lipinski definition) is 0. The lowest BCUT2D eigenvalue weighted by Gasteiger charge is -2.32. The number of nitrogens with zero attached hydrogens (tertiary/aromatic N) is 6. The summed E-state index contributed by atoms with van der Waals surface area (Å²) in [6.07, 6.45) is 2.98. The summed E-state index contributed by atoms with van der Waals surface area (Å²) in [6, 6.07) is 0. The van der Waals surface area contributed by atoms with Crippen LogP contribution in [0.3, 0.4) is 0 Å². The quantitative estimate of drug-likeness (QED) is 0.636. The number of anilines is 1. The van der Waals surface area contributed by atoms with Gasteiger partial charge in [0.2, 0.25) is 5.95 Å². The van der Waals surface area contributed by atoms with Gasteiger partial charge in [-0.1, -0.05) is 5.18 Å². The summed E-state index contributed by atoms with van der Waals surface area (Å²) < 4.78 is 0. The van der Waals surface area contributed by atoms with E-state index < -0.39 is 0 Å². The molecule has 0 amide bonds.